The summed E-state index contributed by atoms with van der Waals surface area (Å²) in [5.41, 5.74) is 0.493. The van der Waals surface area contributed by atoms with Crippen molar-refractivity contribution in [1.29, 1.82) is 0 Å². The summed E-state index contributed by atoms with van der Waals surface area (Å²) in [6.07, 6.45) is 7.50. The molecule has 1 aromatic carbocycles. The number of pyridine rings is 1. The summed E-state index contributed by atoms with van der Waals surface area (Å²) in [4.78, 5) is 12.6. The van der Waals surface area contributed by atoms with Crippen LogP contribution < -0.4 is 4.74 Å². The fraction of sp³-hybridized carbons (Fsp3) is 0.278. The van der Waals surface area contributed by atoms with Gasteiger partial charge in [-0.15, -0.1) is 0 Å². The number of piperidine rings is 1. The maximum absolute atomic E-state index is 13.2. The molecule has 4 rings (SSSR count). The molecule has 26 heavy (non-hydrogen) atoms. The van der Waals surface area contributed by atoms with Crippen LogP contribution in [0.15, 0.2) is 60.0 Å². The van der Waals surface area contributed by atoms with Crippen molar-refractivity contribution >= 4 is 20.9 Å². The lowest BCUT2D eigenvalue weighted by atomic mass is 10.1. The maximum Gasteiger partial charge on any atom is 0.245 e. The summed E-state index contributed by atoms with van der Waals surface area (Å²) in [6.45, 7) is 0.744. The Labute approximate surface area is 151 Å². The zero-order valence-electron chi connectivity index (χ0n) is 14.0. The number of hydrogen-bond acceptors (Lipinski definition) is 6. The minimum atomic E-state index is -3.66. The minimum Gasteiger partial charge on any atom is -0.472 e. The Morgan fingerprint density at radius 2 is 1.96 bits per heavy atom. The molecule has 1 atom stereocenters. The van der Waals surface area contributed by atoms with Crippen molar-refractivity contribution in [3.05, 3.63) is 55.1 Å². The van der Waals surface area contributed by atoms with E-state index in [0.717, 1.165) is 18.2 Å². The summed E-state index contributed by atoms with van der Waals surface area (Å²) >= 11 is 0. The predicted molar refractivity (Wildman–Crippen MR) is 96.2 cm³/mol. The molecule has 7 nitrogen and oxygen atoms in total. The molecule has 0 spiro atoms. The second-order valence-electron chi connectivity index (χ2n) is 6.12. The van der Waals surface area contributed by atoms with E-state index in [-0.39, 0.29) is 17.5 Å². The summed E-state index contributed by atoms with van der Waals surface area (Å²) in [7, 11) is -3.66. The summed E-state index contributed by atoms with van der Waals surface area (Å²) in [5, 5.41) is 0.804. The van der Waals surface area contributed by atoms with Gasteiger partial charge in [0.2, 0.25) is 15.9 Å². The average molecular weight is 370 g/mol. The van der Waals surface area contributed by atoms with E-state index < -0.39 is 10.0 Å². The van der Waals surface area contributed by atoms with Gasteiger partial charge in [-0.2, -0.15) is 4.31 Å². The first-order valence-electron chi connectivity index (χ1n) is 8.41. The molecule has 1 aliphatic heterocycles. The van der Waals surface area contributed by atoms with Crippen LogP contribution in [-0.4, -0.2) is 46.9 Å². The first-order chi connectivity index (χ1) is 12.6. The van der Waals surface area contributed by atoms with Crippen molar-refractivity contribution in [1.82, 2.24) is 19.3 Å². The van der Waals surface area contributed by atoms with E-state index in [1.54, 1.807) is 36.8 Å². The van der Waals surface area contributed by atoms with Crippen LogP contribution in [-0.2, 0) is 10.0 Å². The number of aromatic nitrogens is 3. The number of benzene rings is 1. The number of fused-ring (bicyclic) bond motifs is 1. The summed E-state index contributed by atoms with van der Waals surface area (Å²) < 4.78 is 33.7. The smallest absolute Gasteiger partial charge is 0.245 e. The van der Waals surface area contributed by atoms with E-state index in [1.807, 2.05) is 12.1 Å². The quantitative estimate of drug-likeness (QED) is 0.700. The molecular weight excluding hydrogens is 352 g/mol. The SMILES string of the molecule is O=S(=O)(c1cccc2cccnc12)N1CCC[C@@H](Oc2cnccn2)C1. The highest BCUT2D eigenvalue weighted by Gasteiger charge is 2.32. The first kappa shape index (κ1) is 16.9. The highest BCUT2D eigenvalue weighted by atomic mass is 32.2. The lowest BCUT2D eigenvalue weighted by Crippen LogP contribution is -2.44. The molecular formula is C18H18N4O3S. The lowest BCUT2D eigenvalue weighted by molar-refractivity contribution is 0.124. The maximum atomic E-state index is 13.2. The van der Waals surface area contributed by atoms with Gasteiger partial charge in [0, 0.05) is 30.5 Å². The molecule has 3 aromatic rings. The number of sulfonamides is 1. The Kier molecular flexibility index (Phi) is 4.52. The summed E-state index contributed by atoms with van der Waals surface area (Å²) in [5.74, 6) is 0.406. The molecule has 1 aliphatic rings. The van der Waals surface area contributed by atoms with Crippen molar-refractivity contribution in [2.75, 3.05) is 13.1 Å². The molecule has 0 saturated carbocycles. The molecule has 2 aromatic heterocycles. The van der Waals surface area contributed by atoms with Crippen LogP contribution in [0, 0.1) is 0 Å². The molecule has 1 fully saturated rings. The Balaban J connectivity index is 1.61. The first-order valence-corrected chi connectivity index (χ1v) is 9.85. The number of rotatable bonds is 4. The molecule has 0 bridgehead atoms. The molecule has 0 aliphatic carbocycles. The standard InChI is InChI=1S/C18H18N4O3S/c23-26(24,16-7-1-4-14-5-2-8-21-18(14)16)22-11-3-6-15(13-22)25-17-12-19-9-10-20-17/h1-2,4-5,7-10,12,15H,3,6,11,13H2/t15-/m1/s1. The fourth-order valence-corrected chi connectivity index (χ4v) is 4.84. The third-order valence-corrected chi connectivity index (χ3v) is 6.28. The van der Waals surface area contributed by atoms with Crippen LogP contribution >= 0.6 is 0 Å². The predicted octanol–water partition coefficient (Wildman–Crippen LogP) is 2.26. The normalized spacial score (nSPS) is 18.7. The Hall–Kier alpha value is -2.58. The fourth-order valence-electron chi connectivity index (χ4n) is 3.16. The largest absolute Gasteiger partial charge is 0.472 e. The second kappa shape index (κ2) is 6.97. The highest BCUT2D eigenvalue weighted by Crippen LogP contribution is 2.27. The average Bonchev–Trinajstić information content (AvgIpc) is 2.68. The zero-order chi connectivity index (χ0) is 18.0. The van der Waals surface area contributed by atoms with Gasteiger partial charge in [0.05, 0.1) is 18.3 Å². The van der Waals surface area contributed by atoms with Gasteiger partial charge in [0.1, 0.15) is 11.0 Å². The van der Waals surface area contributed by atoms with Crippen LogP contribution in [0.3, 0.4) is 0 Å². The number of nitrogens with zero attached hydrogens (tertiary/aromatic N) is 4. The van der Waals surface area contributed by atoms with Gasteiger partial charge < -0.3 is 4.74 Å². The van der Waals surface area contributed by atoms with Gasteiger partial charge in [0.15, 0.2) is 0 Å². The van der Waals surface area contributed by atoms with Crippen molar-refractivity contribution in [2.24, 2.45) is 0 Å². The van der Waals surface area contributed by atoms with E-state index in [1.165, 1.54) is 10.5 Å². The molecule has 0 radical (unpaired) electrons. The van der Waals surface area contributed by atoms with E-state index >= 15 is 0 Å². The van der Waals surface area contributed by atoms with Crippen LogP contribution in [0.4, 0.5) is 0 Å². The van der Waals surface area contributed by atoms with Crippen molar-refractivity contribution in [3.63, 3.8) is 0 Å². The van der Waals surface area contributed by atoms with Gasteiger partial charge >= 0.3 is 0 Å². The Bertz CT molecular complexity index is 1010. The molecule has 8 heteroatoms. The van der Waals surface area contributed by atoms with Crippen LogP contribution in [0.2, 0.25) is 0 Å². The van der Waals surface area contributed by atoms with Gasteiger partial charge in [0.25, 0.3) is 0 Å². The van der Waals surface area contributed by atoms with E-state index in [4.69, 9.17) is 4.74 Å². The van der Waals surface area contributed by atoms with Gasteiger partial charge in [-0.25, -0.2) is 13.4 Å². The minimum absolute atomic E-state index is 0.232. The van der Waals surface area contributed by atoms with Crippen molar-refractivity contribution in [2.45, 2.75) is 23.8 Å². The second-order valence-corrected chi connectivity index (χ2v) is 8.03. The van der Waals surface area contributed by atoms with Gasteiger partial charge in [-0.05, 0) is 25.0 Å². The molecule has 0 amide bonds. The molecule has 0 N–H and O–H groups in total. The number of hydrogen-bond donors (Lipinski definition) is 0. The third kappa shape index (κ3) is 3.25. The van der Waals surface area contributed by atoms with E-state index in [9.17, 15) is 8.42 Å². The van der Waals surface area contributed by atoms with Gasteiger partial charge in [-0.3, -0.25) is 9.97 Å². The zero-order valence-corrected chi connectivity index (χ0v) is 14.8. The van der Waals surface area contributed by atoms with Crippen LogP contribution in [0.5, 0.6) is 5.88 Å². The van der Waals surface area contributed by atoms with Crippen molar-refractivity contribution < 1.29 is 13.2 Å². The monoisotopic (exact) mass is 370 g/mol. The van der Waals surface area contributed by atoms with Crippen molar-refractivity contribution in [3.8, 4) is 5.88 Å². The van der Waals surface area contributed by atoms with Crippen LogP contribution in [0.25, 0.3) is 10.9 Å². The Morgan fingerprint density at radius 1 is 1.08 bits per heavy atom. The molecule has 134 valence electrons. The Morgan fingerprint density at radius 3 is 2.81 bits per heavy atom. The topological polar surface area (TPSA) is 85.3 Å². The third-order valence-electron chi connectivity index (χ3n) is 4.38. The number of para-hydroxylation sites is 1. The van der Waals surface area contributed by atoms with E-state index in [0.29, 0.717) is 17.9 Å². The highest BCUT2D eigenvalue weighted by molar-refractivity contribution is 7.89. The molecule has 1 saturated heterocycles. The molecule has 3 heterocycles. The van der Waals surface area contributed by atoms with Crippen LogP contribution in [0.1, 0.15) is 12.8 Å². The van der Waals surface area contributed by atoms with E-state index in [2.05, 4.69) is 15.0 Å². The molecule has 0 unspecified atom stereocenters. The number of ether oxygens (including phenoxy) is 1. The van der Waals surface area contributed by atoms with Gasteiger partial charge in [-0.1, -0.05) is 18.2 Å². The lowest BCUT2D eigenvalue weighted by Gasteiger charge is -2.31. The summed E-state index contributed by atoms with van der Waals surface area (Å²) in [6, 6.07) is 8.87.